The monoisotopic (exact) mass is 268 g/mol. The molecule has 0 spiro atoms. The van der Waals surface area contributed by atoms with E-state index in [-0.39, 0.29) is 5.78 Å². The summed E-state index contributed by atoms with van der Waals surface area (Å²) in [6.45, 7) is 5.48. The number of rotatable bonds is 4. The summed E-state index contributed by atoms with van der Waals surface area (Å²) in [7, 11) is 2.88. The molecule has 0 heterocycles. The van der Waals surface area contributed by atoms with Crippen LogP contribution in [-0.4, -0.2) is 25.8 Å². The lowest BCUT2D eigenvalue weighted by Gasteiger charge is -2.39. The van der Waals surface area contributed by atoms with Gasteiger partial charge in [0.05, 0.1) is 5.57 Å². The lowest BCUT2D eigenvalue weighted by Crippen LogP contribution is -2.53. The molecule has 0 saturated heterocycles. The molecular formula is C17H16O3. The first-order chi connectivity index (χ1) is 9.66. The number of carbonyl (C=O) groups is 1. The van der Waals surface area contributed by atoms with Crippen LogP contribution in [0.2, 0.25) is 0 Å². The van der Waals surface area contributed by atoms with Crippen LogP contribution in [0.5, 0.6) is 0 Å². The van der Waals surface area contributed by atoms with Crippen LogP contribution in [-0.2, 0) is 14.3 Å². The Kier molecular flexibility index (Phi) is 3.89. The van der Waals surface area contributed by atoms with E-state index < -0.39 is 5.79 Å². The van der Waals surface area contributed by atoms with Crippen molar-refractivity contribution in [3.63, 3.8) is 0 Å². The van der Waals surface area contributed by atoms with Gasteiger partial charge in [-0.3, -0.25) is 4.79 Å². The molecule has 3 heteroatoms. The van der Waals surface area contributed by atoms with E-state index in [0.717, 1.165) is 11.1 Å². The Morgan fingerprint density at radius 1 is 1.25 bits per heavy atom. The summed E-state index contributed by atoms with van der Waals surface area (Å²) >= 11 is 0. The molecule has 0 unspecified atom stereocenters. The van der Waals surface area contributed by atoms with Gasteiger partial charge in [0.25, 0.3) is 5.79 Å². The average Bonchev–Trinajstić information content (AvgIpc) is 2.49. The number of ether oxygens (including phenoxy) is 2. The molecule has 0 amide bonds. The van der Waals surface area contributed by atoms with Crippen molar-refractivity contribution in [2.45, 2.75) is 12.7 Å². The quantitative estimate of drug-likeness (QED) is 0.622. The van der Waals surface area contributed by atoms with Crippen LogP contribution in [0.15, 0.2) is 36.4 Å². The topological polar surface area (TPSA) is 35.5 Å². The van der Waals surface area contributed by atoms with Crippen LogP contribution in [0.25, 0.3) is 11.6 Å². The van der Waals surface area contributed by atoms with Gasteiger partial charge in [0, 0.05) is 19.8 Å². The summed E-state index contributed by atoms with van der Waals surface area (Å²) < 4.78 is 10.5. The van der Waals surface area contributed by atoms with Crippen LogP contribution >= 0.6 is 0 Å². The first-order valence-corrected chi connectivity index (χ1v) is 6.20. The van der Waals surface area contributed by atoms with Gasteiger partial charge < -0.3 is 9.47 Å². The van der Waals surface area contributed by atoms with Crippen LogP contribution in [0.4, 0.5) is 0 Å². The van der Waals surface area contributed by atoms with E-state index in [1.54, 1.807) is 13.0 Å². The fourth-order valence-electron chi connectivity index (χ4n) is 2.40. The second-order valence-electron chi connectivity index (χ2n) is 4.27. The highest BCUT2D eigenvalue weighted by atomic mass is 16.7. The summed E-state index contributed by atoms with van der Waals surface area (Å²) in [5.74, 6) is 4.15. The second-order valence-corrected chi connectivity index (χ2v) is 4.27. The predicted molar refractivity (Wildman–Crippen MR) is 78.7 cm³/mol. The molecule has 2 rings (SSSR count). The standard InChI is InChI=1S/C17H16O3/c1-5-9-14-15(16(18)17(14,19-3)20-4)13-11-8-7-10-12(13)6-2/h6-8,10-11H,2H2,1,3-4H3. The SMILES string of the molecule is C=Cc1ccccc1C1=C(C#CC)C(OC)(OC)C1=O. The maximum absolute atomic E-state index is 12.5. The third-order valence-corrected chi connectivity index (χ3v) is 3.38. The summed E-state index contributed by atoms with van der Waals surface area (Å²) in [6, 6.07) is 7.55. The lowest BCUT2D eigenvalue weighted by atomic mass is 9.75. The van der Waals surface area contributed by atoms with Crippen molar-refractivity contribution in [2.24, 2.45) is 0 Å². The van der Waals surface area contributed by atoms with Gasteiger partial charge in [-0.2, -0.15) is 0 Å². The van der Waals surface area contributed by atoms with Gasteiger partial charge in [0.2, 0.25) is 5.78 Å². The van der Waals surface area contributed by atoms with Crippen molar-refractivity contribution >= 4 is 17.4 Å². The first-order valence-electron chi connectivity index (χ1n) is 6.20. The highest BCUT2D eigenvalue weighted by molar-refractivity contribution is 6.35. The minimum Gasteiger partial charge on any atom is -0.343 e. The van der Waals surface area contributed by atoms with E-state index in [4.69, 9.17) is 9.47 Å². The van der Waals surface area contributed by atoms with Crippen molar-refractivity contribution in [1.82, 2.24) is 0 Å². The summed E-state index contributed by atoms with van der Waals surface area (Å²) in [5.41, 5.74) is 2.78. The van der Waals surface area contributed by atoms with Gasteiger partial charge in [-0.05, 0) is 18.1 Å². The first kappa shape index (κ1) is 14.3. The minimum absolute atomic E-state index is 0.213. The molecule has 1 aromatic rings. The molecule has 102 valence electrons. The molecule has 1 aliphatic rings. The van der Waals surface area contributed by atoms with Gasteiger partial charge in [-0.15, -0.1) is 5.92 Å². The van der Waals surface area contributed by atoms with Crippen molar-refractivity contribution < 1.29 is 14.3 Å². The number of Topliss-reactive ketones (excluding diaryl/α,β-unsaturated/α-hetero) is 1. The minimum atomic E-state index is -1.37. The normalized spacial score (nSPS) is 16.2. The molecule has 0 bridgehead atoms. The molecule has 1 aliphatic carbocycles. The zero-order valence-electron chi connectivity index (χ0n) is 11.8. The Hall–Kier alpha value is -2.15. The highest BCUT2D eigenvalue weighted by Gasteiger charge is 2.55. The van der Waals surface area contributed by atoms with E-state index in [2.05, 4.69) is 18.4 Å². The smallest absolute Gasteiger partial charge is 0.269 e. The Labute approximate surface area is 118 Å². The molecule has 0 saturated carbocycles. The van der Waals surface area contributed by atoms with E-state index in [9.17, 15) is 4.79 Å². The Balaban J connectivity index is 2.70. The molecule has 3 nitrogen and oxygen atoms in total. The van der Waals surface area contributed by atoms with Gasteiger partial charge >= 0.3 is 0 Å². The van der Waals surface area contributed by atoms with Crippen LogP contribution in [0.1, 0.15) is 18.1 Å². The average molecular weight is 268 g/mol. The Morgan fingerprint density at radius 2 is 1.90 bits per heavy atom. The van der Waals surface area contributed by atoms with Crippen LogP contribution in [0.3, 0.4) is 0 Å². The fraction of sp³-hybridized carbons (Fsp3) is 0.235. The van der Waals surface area contributed by atoms with Crippen molar-refractivity contribution in [2.75, 3.05) is 14.2 Å². The number of carbonyl (C=O) groups excluding carboxylic acids is 1. The largest absolute Gasteiger partial charge is 0.343 e. The van der Waals surface area contributed by atoms with Crippen molar-refractivity contribution in [1.29, 1.82) is 0 Å². The zero-order chi connectivity index (χ0) is 14.8. The van der Waals surface area contributed by atoms with E-state index >= 15 is 0 Å². The molecule has 0 N–H and O–H groups in total. The molecule has 0 radical (unpaired) electrons. The molecule has 0 aromatic heterocycles. The third kappa shape index (κ3) is 1.82. The summed E-state index contributed by atoms with van der Waals surface area (Å²) in [4.78, 5) is 12.5. The fourth-order valence-corrected chi connectivity index (χ4v) is 2.40. The molecule has 0 atom stereocenters. The number of hydrogen-bond donors (Lipinski definition) is 0. The maximum atomic E-state index is 12.5. The highest BCUT2D eigenvalue weighted by Crippen LogP contribution is 2.44. The second kappa shape index (κ2) is 5.46. The van der Waals surface area contributed by atoms with E-state index in [1.165, 1.54) is 14.2 Å². The predicted octanol–water partition coefficient (Wildman–Crippen LogP) is 2.68. The van der Waals surface area contributed by atoms with Crippen molar-refractivity contribution in [3.05, 3.63) is 47.5 Å². The summed E-state index contributed by atoms with van der Waals surface area (Å²) in [6.07, 6.45) is 1.71. The maximum Gasteiger partial charge on any atom is 0.269 e. The van der Waals surface area contributed by atoms with Gasteiger partial charge in [0.15, 0.2) is 0 Å². The Bertz CT molecular complexity index is 652. The molecule has 0 fully saturated rings. The van der Waals surface area contributed by atoms with Gasteiger partial charge in [0.1, 0.15) is 0 Å². The van der Waals surface area contributed by atoms with Crippen LogP contribution < -0.4 is 0 Å². The number of methoxy groups -OCH3 is 2. The van der Waals surface area contributed by atoms with Gasteiger partial charge in [-0.1, -0.05) is 42.8 Å². The summed E-state index contributed by atoms with van der Waals surface area (Å²) in [5, 5.41) is 0. The molecule has 20 heavy (non-hydrogen) atoms. The van der Waals surface area contributed by atoms with Crippen molar-refractivity contribution in [3.8, 4) is 11.8 Å². The number of ketones is 1. The van der Waals surface area contributed by atoms with E-state index in [1.807, 2.05) is 24.3 Å². The number of hydrogen-bond acceptors (Lipinski definition) is 3. The Morgan fingerprint density at radius 3 is 2.45 bits per heavy atom. The lowest BCUT2D eigenvalue weighted by molar-refractivity contribution is -0.189. The number of benzene rings is 1. The van der Waals surface area contributed by atoms with E-state index in [0.29, 0.717) is 11.1 Å². The van der Waals surface area contributed by atoms with Gasteiger partial charge in [-0.25, -0.2) is 0 Å². The molecule has 1 aromatic carbocycles. The third-order valence-electron chi connectivity index (χ3n) is 3.38. The van der Waals surface area contributed by atoms with Crippen LogP contribution in [0, 0.1) is 11.8 Å². The molecular weight excluding hydrogens is 252 g/mol. The zero-order valence-corrected chi connectivity index (χ0v) is 11.8. The molecule has 0 aliphatic heterocycles.